The van der Waals surface area contributed by atoms with E-state index in [9.17, 15) is 18.3 Å². The van der Waals surface area contributed by atoms with E-state index in [2.05, 4.69) is 9.80 Å². The number of phenolic OH excluding ortho intramolecular Hbond substituents is 1. The zero-order chi connectivity index (χ0) is 21.8. The van der Waals surface area contributed by atoms with E-state index in [1.165, 1.54) is 0 Å². The molecular formula is C23H29N3O4S. The van der Waals surface area contributed by atoms with Gasteiger partial charge in [-0.15, -0.1) is 0 Å². The van der Waals surface area contributed by atoms with Crippen LogP contribution < -0.4 is 4.90 Å². The zero-order valence-electron chi connectivity index (χ0n) is 17.6. The monoisotopic (exact) mass is 443 g/mol. The summed E-state index contributed by atoms with van der Waals surface area (Å²) in [6.45, 7) is 3.57. The van der Waals surface area contributed by atoms with Crippen LogP contribution in [0.2, 0.25) is 0 Å². The number of rotatable bonds is 6. The van der Waals surface area contributed by atoms with Gasteiger partial charge in [-0.25, -0.2) is 8.42 Å². The first-order valence-electron chi connectivity index (χ1n) is 10.7. The lowest BCUT2D eigenvalue weighted by Crippen LogP contribution is -2.51. The highest BCUT2D eigenvalue weighted by atomic mass is 32.2. The Morgan fingerprint density at radius 1 is 1.00 bits per heavy atom. The second-order valence-electron chi connectivity index (χ2n) is 8.32. The first-order chi connectivity index (χ1) is 14.9. The van der Waals surface area contributed by atoms with E-state index in [0.29, 0.717) is 26.1 Å². The summed E-state index contributed by atoms with van der Waals surface area (Å²) in [4.78, 5) is 19.3. The number of anilines is 1. The Kier molecular flexibility index (Phi) is 6.48. The van der Waals surface area contributed by atoms with Gasteiger partial charge in [0.2, 0.25) is 5.91 Å². The molecular weight excluding hydrogens is 414 g/mol. The van der Waals surface area contributed by atoms with E-state index in [0.717, 1.165) is 24.3 Å². The Labute approximate surface area is 183 Å². The average molecular weight is 444 g/mol. The number of nitrogens with zero attached hydrogens (tertiary/aromatic N) is 3. The largest absolute Gasteiger partial charge is 0.506 e. The fourth-order valence-electron chi connectivity index (χ4n) is 4.38. The van der Waals surface area contributed by atoms with Crippen molar-refractivity contribution in [2.45, 2.75) is 19.0 Å². The van der Waals surface area contributed by atoms with Crippen LogP contribution in [-0.4, -0.2) is 79.5 Å². The van der Waals surface area contributed by atoms with E-state index in [1.807, 2.05) is 42.5 Å². The van der Waals surface area contributed by atoms with E-state index in [4.69, 9.17) is 0 Å². The normalized spacial score (nSPS) is 21.2. The molecule has 0 spiro atoms. The Balaban J connectivity index is 1.40. The molecule has 31 heavy (non-hydrogen) atoms. The van der Waals surface area contributed by atoms with E-state index >= 15 is 0 Å². The fourth-order valence-corrected chi connectivity index (χ4v) is 6.11. The van der Waals surface area contributed by atoms with Crippen molar-refractivity contribution >= 4 is 21.4 Å². The Hall–Kier alpha value is -2.58. The molecule has 166 valence electrons. The third kappa shape index (κ3) is 5.37. The number of amides is 1. The van der Waals surface area contributed by atoms with Crippen molar-refractivity contribution in [3.63, 3.8) is 0 Å². The van der Waals surface area contributed by atoms with Crippen LogP contribution in [0.15, 0.2) is 54.6 Å². The van der Waals surface area contributed by atoms with Crippen molar-refractivity contribution in [2.24, 2.45) is 0 Å². The molecule has 2 fully saturated rings. The number of hydrogen-bond acceptors (Lipinski definition) is 6. The maximum atomic E-state index is 13.3. The van der Waals surface area contributed by atoms with Crippen molar-refractivity contribution in [3.8, 4) is 5.75 Å². The molecule has 2 saturated heterocycles. The molecule has 2 aliphatic heterocycles. The molecule has 8 heteroatoms. The molecule has 1 atom stereocenters. The maximum Gasteiger partial charge on any atom is 0.237 e. The van der Waals surface area contributed by atoms with Gasteiger partial charge in [0.25, 0.3) is 0 Å². The van der Waals surface area contributed by atoms with Gasteiger partial charge >= 0.3 is 0 Å². The number of carbonyl (C=O) groups is 1. The lowest BCUT2D eigenvalue weighted by molar-refractivity contribution is -0.135. The number of sulfone groups is 1. The molecule has 0 radical (unpaired) electrons. The number of piperazine rings is 1. The summed E-state index contributed by atoms with van der Waals surface area (Å²) in [6.07, 6.45) is 0.502. The average Bonchev–Trinajstić information content (AvgIpc) is 3.13. The summed E-state index contributed by atoms with van der Waals surface area (Å²) in [5, 5.41) is 10.1. The molecule has 0 saturated carbocycles. The molecule has 1 amide bonds. The Bertz CT molecular complexity index is 1000. The predicted molar refractivity (Wildman–Crippen MR) is 121 cm³/mol. The van der Waals surface area contributed by atoms with Gasteiger partial charge in [-0.2, -0.15) is 0 Å². The van der Waals surface area contributed by atoms with E-state index in [1.54, 1.807) is 17.0 Å². The smallest absolute Gasteiger partial charge is 0.237 e. The minimum atomic E-state index is -3.08. The summed E-state index contributed by atoms with van der Waals surface area (Å²) < 4.78 is 24.1. The molecule has 0 bridgehead atoms. The molecule has 1 N–H and O–H groups in total. The van der Waals surface area contributed by atoms with Gasteiger partial charge in [0, 0.05) is 38.8 Å². The molecule has 0 unspecified atom stereocenters. The molecule has 2 heterocycles. The van der Waals surface area contributed by atoms with Crippen LogP contribution in [0.25, 0.3) is 0 Å². The van der Waals surface area contributed by atoms with Gasteiger partial charge in [-0.1, -0.05) is 42.5 Å². The third-order valence-electron chi connectivity index (χ3n) is 6.12. The quantitative estimate of drug-likeness (QED) is 0.732. The minimum Gasteiger partial charge on any atom is -0.506 e. The van der Waals surface area contributed by atoms with Crippen LogP contribution in [0.4, 0.5) is 5.69 Å². The van der Waals surface area contributed by atoms with Crippen LogP contribution in [0, 0.1) is 0 Å². The second kappa shape index (κ2) is 9.28. The third-order valence-corrected chi connectivity index (χ3v) is 7.87. The summed E-state index contributed by atoms with van der Waals surface area (Å²) in [6, 6.07) is 16.8. The number of benzene rings is 2. The first-order valence-corrected chi connectivity index (χ1v) is 12.5. The SMILES string of the molecule is O=C(CN1CCN(c2ccccc2O)CC1)N(Cc1ccccc1)[C@@H]1CCS(=O)(=O)C1. The number of phenols is 1. The van der Waals surface area contributed by atoms with Gasteiger partial charge in [-0.05, 0) is 24.1 Å². The van der Waals surface area contributed by atoms with E-state index < -0.39 is 9.84 Å². The van der Waals surface area contributed by atoms with Crippen molar-refractivity contribution < 1.29 is 18.3 Å². The number of para-hydroxylation sites is 2. The van der Waals surface area contributed by atoms with Crippen LogP contribution in [-0.2, 0) is 21.2 Å². The number of aromatic hydroxyl groups is 1. The Morgan fingerprint density at radius 2 is 1.68 bits per heavy atom. The standard InChI is InChI=1S/C23H29N3O4S/c27-22-9-5-4-8-21(22)25-13-11-24(12-14-25)17-23(28)26(16-19-6-2-1-3-7-19)20-10-15-31(29,30)18-20/h1-9,20,27H,10-18H2/t20-/m1/s1. The summed E-state index contributed by atoms with van der Waals surface area (Å²) in [5.74, 6) is 0.438. The predicted octanol–water partition coefficient (Wildman–Crippen LogP) is 1.73. The van der Waals surface area contributed by atoms with E-state index in [-0.39, 0.29) is 35.7 Å². The van der Waals surface area contributed by atoms with Gasteiger partial charge < -0.3 is 14.9 Å². The van der Waals surface area contributed by atoms with Crippen molar-refractivity contribution in [1.29, 1.82) is 0 Å². The lowest BCUT2D eigenvalue weighted by atomic mass is 10.1. The topological polar surface area (TPSA) is 81.2 Å². The molecule has 7 nitrogen and oxygen atoms in total. The molecule has 2 aromatic rings. The highest BCUT2D eigenvalue weighted by molar-refractivity contribution is 7.91. The highest BCUT2D eigenvalue weighted by Crippen LogP contribution is 2.27. The highest BCUT2D eigenvalue weighted by Gasteiger charge is 2.35. The zero-order valence-corrected chi connectivity index (χ0v) is 18.4. The van der Waals surface area contributed by atoms with Crippen molar-refractivity contribution in [1.82, 2.24) is 9.80 Å². The lowest BCUT2D eigenvalue weighted by Gasteiger charge is -2.37. The van der Waals surface area contributed by atoms with Crippen LogP contribution in [0.1, 0.15) is 12.0 Å². The molecule has 0 aliphatic carbocycles. The fraction of sp³-hybridized carbons (Fsp3) is 0.435. The van der Waals surface area contributed by atoms with Gasteiger partial charge in [0.15, 0.2) is 9.84 Å². The summed E-state index contributed by atoms with van der Waals surface area (Å²) in [7, 11) is -3.08. The van der Waals surface area contributed by atoms with Crippen molar-refractivity contribution in [3.05, 3.63) is 60.2 Å². The molecule has 4 rings (SSSR count). The molecule has 2 aliphatic rings. The first kappa shape index (κ1) is 21.6. The number of carbonyl (C=O) groups excluding carboxylic acids is 1. The van der Waals surface area contributed by atoms with Gasteiger partial charge in [0.05, 0.1) is 23.7 Å². The maximum absolute atomic E-state index is 13.3. The number of hydrogen-bond donors (Lipinski definition) is 1. The molecule has 0 aromatic heterocycles. The van der Waals surface area contributed by atoms with Crippen molar-refractivity contribution in [2.75, 3.05) is 49.1 Å². The van der Waals surface area contributed by atoms with Crippen LogP contribution in [0.3, 0.4) is 0 Å². The molecule has 2 aromatic carbocycles. The van der Waals surface area contributed by atoms with Crippen LogP contribution in [0.5, 0.6) is 5.75 Å². The van der Waals surface area contributed by atoms with Gasteiger partial charge in [-0.3, -0.25) is 9.69 Å². The Morgan fingerprint density at radius 3 is 2.32 bits per heavy atom. The summed E-state index contributed by atoms with van der Waals surface area (Å²) >= 11 is 0. The van der Waals surface area contributed by atoms with Gasteiger partial charge in [0.1, 0.15) is 5.75 Å². The van der Waals surface area contributed by atoms with Crippen LogP contribution >= 0.6 is 0 Å². The second-order valence-corrected chi connectivity index (χ2v) is 10.5. The minimum absolute atomic E-state index is 0.0260. The summed E-state index contributed by atoms with van der Waals surface area (Å²) in [5.41, 5.74) is 1.82.